The van der Waals surface area contributed by atoms with Gasteiger partial charge in [0.05, 0.1) is 24.6 Å². The van der Waals surface area contributed by atoms with Crippen LogP contribution in [0, 0.1) is 13.8 Å². The minimum Gasteiger partial charge on any atom is -0.378 e. The number of ether oxygens (including phenoxy) is 1. The summed E-state index contributed by atoms with van der Waals surface area (Å²) in [6.45, 7) is 7.16. The van der Waals surface area contributed by atoms with Gasteiger partial charge in [-0.15, -0.1) is 0 Å². The van der Waals surface area contributed by atoms with Gasteiger partial charge in [-0.25, -0.2) is 0 Å². The van der Waals surface area contributed by atoms with E-state index >= 15 is 0 Å². The van der Waals surface area contributed by atoms with Crippen LogP contribution in [0.3, 0.4) is 0 Å². The number of anilines is 2. The minimum absolute atomic E-state index is 0.0272. The monoisotopic (exact) mass is 325 g/mol. The summed E-state index contributed by atoms with van der Waals surface area (Å²) < 4.78 is 5.42. The van der Waals surface area contributed by atoms with E-state index in [9.17, 15) is 4.79 Å². The Bertz CT molecular complexity index is 739. The van der Waals surface area contributed by atoms with E-state index < -0.39 is 0 Å². The minimum atomic E-state index is -0.0272. The maximum atomic E-state index is 12.9. The predicted molar refractivity (Wildman–Crippen MR) is 95.9 cm³/mol. The number of hydrogen-bond acceptors (Lipinski definition) is 4. The average molecular weight is 325 g/mol. The fourth-order valence-electron chi connectivity index (χ4n) is 3.02. The Morgan fingerprint density at radius 3 is 2.67 bits per heavy atom. The first-order valence-corrected chi connectivity index (χ1v) is 8.21. The molecule has 2 heterocycles. The Kier molecular flexibility index (Phi) is 4.81. The molecule has 0 saturated carbocycles. The first kappa shape index (κ1) is 16.5. The van der Waals surface area contributed by atoms with Crippen molar-refractivity contribution in [2.24, 2.45) is 0 Å². The maximum Gasteiger partial charge on any atom is 0.258 e. The number of aryl methyl sites for hydroxylation is 2. The number of rotatable bonds is 3. The van der Waals surface area contributed by atoms with E-state index in [1.807, 2.05) is 37.3 Å². The van der Waals surface area contributed by atoms with Crippen LogP contribution in [0.5, 0.6) is 0 Å². The summed E-state index contributed by atoms with van der Waals surface area (Å²) in [4.78, 5) is 21.1. The predicted octanol–water partition coefficient (Wildman–Crippen LogP) is 2.81. The second kappa shape index (κ2) is 7.01. The van der Waals surface area contributed by atoms with Gasteiger partial charge in [-0.1, -0.05) is 6.07 Å². The molecule has 1 aliphatic rings. The second-order valence-electron chi connectivity index (χ2n) is 6.07. The topological polar surface area (TPSA) is 45.7 Å². The van der Waals surface area contributed by atoms with Crippen LogP contribution in [0.15, 0.2) is 36.5 Å². The summed E-state index contributed by atoms with van der Waals surface area (Å²) >= 11 is 0. The van der Waals surface area contributed by atoms with Crippen molar-refractivity contribution in [3.05, 3.63) is 53.3 Å². The molecule has 0 N–H and O–H groups in total. The summed E-state index contributed by atoms with van der Waals surface area (Å²) in [5.41, 5.74) is 4.65. The van der Waals surface area contributed by atoms with Crippen LogP contribution >= 0.6 is 0 Å². The molecule has 1 aromatic heterocycles. The van der Waals surface area contributed by atoms with Crippen molar-refractivity contribution < 1.29 is 9.53 Å². The molecule has 5 heteroatoms. The number of amides is 1. The highest BCUT2D eigenvalue weighted by Gasteiger charge is 2.19. The van der Waals surface area contributed by atoms with Gasteiger partial charge in [0.1, 0.15) is 0 Å². The Labute approximate surface area is 142 Å². The molecule has 1 aliphatic heterocycles. The molecule has 1 amide bonds. The first-order chi connectivity index (χ1) is 11.6. The lowest BCUT2D eigenvalue weighted by Crippen LogP contribution is -2.37. The van der Waals surface area contributed by atoms with Gasteiger partial charge in [0.2, 0.25) is 0 Å². The van der Waals surface area contributed by atoms with Crippen molar-refractivity contribution in [3.63, 3.8) is 0 Å². The quantitative estimate of drug-likeness (QED) is 0.870. The summed E-state index contributed by atoms with van der Waals surface area (Å²) in [6, 6.07) is 9.66. The molecule has 0 unspecified atom stereocenters. The van der Waals surface area contributed by atoms with Crippen LogP contribution in [0.4, 0.5) is 11.4 Å². The van der Waals surface area contributed by atoms with Crippen molar-refractivity contribution in [1.29, 1.82) is 0 Å². The van der Waals surface area contributed by atoms with Gasteiger partial charge in [-0.3, -0.25) is 9.78 Å². The third-order valence-electron chi connectivity index (χ3n) is 4.45. The molecule has 3 rings (SSSR count). The average Bonchev–Trinajstić information content (AvgIpc) is 2.62. The van der Waals surface area contributed by atoms with E-state index in [-0.39, 0.29) is 5.91 Å². The molecule has 0 spiro atoms. The summed E-state index contributed by atoms with van der Waals surface area (Å²) in [7, 11) is 1.79. The molecule has 2 aromatic rings. The van der Waals surface area contributed by atoms with E-state index in [0.717, 1.165) is 43.4 Å². The molecule has 126 valence electrons. The van der Waals surface area contributed by atoms with Crippen LogP contribution in [0.2, 0.25) is 0 Å². The van der Waals surface area contributed by atoms with E-state index in [4.69, 9.17) is 4.74 Å². The Morgan fingerprint density at radius 2 is 1.96 bits per heavy atom. The highest BCUT2D eigenvalue weighted by atomic mass is 16.5. The lowest BCUT2D eigenvalue weighted by atomic mass is 10.1. The summed E-state index contributed by atoms with van der Waals surface area (Å²) in [5, 5.41) is 0. The lowest BCUT2D eigenvalue weighted by Gasteiger charge is -2.30. The highest BCUT2D eigenvalue weighted by molar-refractivity contribution is 6.06. The Balaban J connectivity index is 1.88. The second-order valence-corrected chi connectivity index (χ2v) is 6.07. The number of nitrogens with zero attached hydrogens (tertiary/aromatic N) is 3. The van der Waals surface area contributed by atoms with Gasteiger partial charge in [0.15, 0.2) is 0 Å². The van der Waals surface area contributed by atoms with E-state index in [1.165, 1.54) is 5.56 Å². The molecular formula is C19H23N3O2. The number of carbonyl (C=O) groups excluding carboxylic acids is 1. The normalized spacial score (nSPS) is 14.5. The Hall–Kier alpha value is -2.40. The van der Waals surface area contributed by atoms with Gasteiger partial charge in [0, 0.05) is 37.6 Å². The molecule has 0 atom stereocenters. The fraction of sp³-hybridized carbons (Fsp3) is 0.368. The maximum absolute atomic E-state index is 12.9. The molecule has 0 radical (unpaired) electrons. The third-order valence-corrected chi connectivity index (χ3v) is 4.45. The van der Waals surface area contributed by atoms with Crippen LogP contribution < -0.4 is 9.80 Å². The number of pyridine rings is 1. The van der Waals surface area contributed by atoms with E-state index in [2.05, 4.69) is 16.8 Å². The summed E-state index contributed by atoms with van der Waals surface area (Å²) in [6.07, 6.45) is 1.74. The number of morpholine rings is 1. The molecule has 1 fully saturated rings. The zero-order chi connectivity index (χ0) is 17.1. The van der Waals surface area contributed by atoms with Crippen LogP contribution in [-0.4, -0.2) is 44.2 Å². The van der Waals surface area contributed by atoms with E-state index in [0.29, 0.717) is 5.56 Å². The molecule has 24 heavy (non-hydrogen) atoms. The SMILES string of the molecule is Cc1ccc(C(=O)N(C)c2cccnc2C)cc1N1CCOCC1. The zero-order valence-corrected chi connectivity index (χ0v) is 14.5. The number of hydrogen-bond donors (Lipinski definition) is 0. The van der Waals surface area contributed by atoms with Gasteiger partial charge >= 0.3 is 0 Å². The smallest absolute Gasteiger partial charge is 0.258 e. The molecular weight excluding hydrogens is 302 g/mol. The molecule has 1 aromatic carbocycles. The Morgan fingerprint density at radius 1 is 1.21 bits per heavy atom. The summed E-state index contributed by atoms with van der Waals surface area (Å²) in [5.74, 6) is -0.0272. The highest BCUT2D eigenvalue weighted by Crippen LogP contribution is 2.25. The number of aromatic nitrogens is 1. The van der Waals surface area contributed by atoms with Crippen LogP contribution in [-0.2, 0) is 4.74 Å². The van der Waals surface area contributed by atoms with E-state index in [1.54, 1.807) is 18.1 Å². The van der Waals surface area contributed by atoms with Gasteiger partial charge < -0.3 is 14.5 Å². The van der Waals surface area contributed by atoms with Crippen molar-refractivity contribution >= 4 is 17.3 Å². The van der Waals surface area contributed by atoms with Crippen molar-refractivity contribution in [1.82, 2.24) is 4.98 Å². The van der Waals surface area contributed by atoms with Crippen molar-refractivity contribution in [2.45, 2.75) is 13.8 Å². The van der Waals surface area contributed by atoms with Crippen molar-refractivity contribution in [2.75, 3.05) is 43.2 Å². The third kappa shape index (κ3) is 3.26. The molecule has 5 nitrogen and oxygen atoms in total. The largest absolute Gasteiger partial charge is 0.378 e. The standard InChI is InChI=1S/C19H23N3O2/c1-14-6-7-16(13-18(14)22-9-11-24-12-10-22)19(23)21(3)17-5-4-8-20-15(17)2/h4-8,13H,9-12H2,1-3H3. The van der Waals surface area contributed by atoms with Crippen molar-refractivity contribution in [3.8, 4) is 0 Å². The molecule has 1 saturated heterocycles. The van der Waals surface area contributed by atoms with Gasteiger partial charge in [-0.05, 0) is 43.7 Å². The molecule has 0 aliphatic carbocycles. The fourth-order valence-corrected chi connectivity index (χ4v) is 3.02. The number of benzene rings is 1. The first-order valence-electron chi connectivity index (χ1n) is 8.21. The lowest BCUT2D eigenvalue weighted by molar-refractivity contribution is 0.0992. The van der Waals surface area contributed by atoms with Gasteiger partial charge in [-0.2, -0.15) is 0 Å². The van der Waals surface area contributed by atoms with Gasteiger partial charge in [0.25, 0.3) is 5.91 Å². The molecule has 0 bridgehead atoms. The zero-order valence-electron chi connectivity index (χ0n) is 14.5. The van der Waals surface area contributed by atoms with Crippen LogP contribution in [0.25, 0.3) is 0 Å². The van der Waals surface area contributed by atoms with Crippen LogP contribution in [0.1, 0.15) is 21.6 Å². The number of carbonyl (C=O) groups is 1.